The van der Waals surface area contributed by atoms with Crippen molar-refractivity contribution in [3.05, 3.63) is 78.0 Å². The number of carbonyl (C=O) groups is 1. The third-order valence-corrected chi connectivity index (χ3v) is 4.66. The fourth-order valence-electron chi connectivity index (χ4n) is 3.31. The summed E-state index contributed by atoms with van der Waals surface area (Å²) >= 11 is 0. The molecule has 0 unspecified atom stereocenters. The molecule has 0 spiro atoms. The van der Waals surface area contributed by atoms with Gasteiger partial charge in [0.05, 0.1) is 25.0 Å². The highest BCUT2D eigenvalue weighted by Gasteiger charge is 2.31. The number of rotatable bonds is 5. The van der Waals surface area contributed by atoms with E-state index in [1.54, 1.807) is 20.2 Å². The first-order chi connectivity index (χ1) is 13.7. The van der Waals surface area contributed by atoms with E-state index in [1.807, 2.05) is 65.3 Å². The Morgan fingerprint density at radius 1 is 1.14 bits per heavy atom. The highest BCUT2D eigenvalue weighted by Crippen LogP contribution is 2.36. The van der Waals surface area contributed by atoms with Gasteiger partial charge in [-0.15, -0.1) is 0 Å². The van der Waals surface area contributed by atoms with Crippen LogP contribution in [0, 0.1) is 0 Å². The lowest BCUT2D eigenvalue weighted by Crippen LogP contribution is -2.26. The topological polar surface area (TPSA) is 65.4 Å². The molecule has 1 aromatic heterocycles. The van der Waals surface area contributed by atoms with E-state index in [-0.39, 0.29) is 12.0 Å². The van der Waals surface area contributed by atoms with Crippen LogP contribution in [0.4, 0.5) is 5.82 Å². The van der Waals surface area contributed by atoms with Crippen LogP contribution in [0.3, 0.4) is 0 Å². The number of ether oxygens (including phenoxy) is 2. The number of nitrogens with one attached hydrogen (secondary N) is 1. The molecule has 0 fully saturated rings. The molecule has 1 aliphatic rings. The Morgan fingerprint density at radius 2 is 1.89 bits per heavy atom. The molecule has 2 aromatic carbocycles. The van der Waals surface area contributed by atoms with Gasteiger partial charge in [0.1, 0.15) is 17.6 Å². The van der Waals surface area contributed by atoms with E-state index in [9.17, 15) is 4.79 Å². The summed E-state index contributed by atoms with van der Waals surface area (Å²) in [4.78, 5) is 12.6. The molecular weight excluding hydrogens is 354 g/mol. The predicted octanol–water partition coefficient (Wildman–Crippen LogP) is 4.02. The first-order valence-corrected chi connectivity index (χ1v) is 9.14. The number of hydrogen-bond donors (Lipinski definition) is 1. The number of aromatic nitrogens is 2. The number of hydrogen-bond acceptors (Lipinski definition) is 5. The SMILES string of the molecule is CCOC(=O)C1=CNc2cc(-c3ccc(OC)cc3)nn2[C@H]1c1ccccc1. The van der Waals surface area contributed by atoms with E-state index < -0.39 is 0 Å². The molecule has 1 aliphatic heterocycles. The molecule has 0 aliphatic carbocycles. The maximum Gasteiger partial charge on any atom is 0.338 e. The molecule has 2 heterocycles. The van der Waals surface area contributed by atoms with E-state index >= 15 is 0 Å². The molecule has 1 atom stereocenters. The van der Waals surface area contributed by atoms with E-state index in [1.165, 1.54) is 0 Å². The molecule has 0 radical (unpaired) electrons. The smallest absolute Gasteiger partial charge is 0.338 e. The monoisotopic (exact) mass is 375 g/mol. The standard InChI is InChI=1S/C22H21N3O3/c1-3-28-22(26)18-14-23-20-13-19(15-9-11-17(27-2)12-10-15)24-25(20)21(18)16-7-5-4-6-8-16/h4-14,21,23H,3H2,1-2H3/t21-/m0/s1. The molecule has 4 rings (SSSR count). The van der Waals surface area contributed by atoms with E-state index in [0.29, 0.717) is 12.2 Å². The molecule has 0 bridgehead atoms. The summed E-state index contributed by atoms with van der Waals surface area (Å²) in [6.07, 6.45) is 1.71. The fourth-order valence-corrected chi connectivity index (χ4v) is 3.31. The minimum Gasteiger partial charge on any atom is -0.497 e. The van der Waals surface area contributed by atoms with Crippen LogP contribution in [0.15, 0.2) is 72.4 Å². The maximum atomic E-state index is 12.6. The van der Waals surface area contributed by atoms with E-state index in [0.717, 1.165) is 28.4 Å². The van der Waals surface area contributed by atoms with Crippen molar-refractivity contribution in [2.24, 2.45) is 0 Å². The Bertz CT molecular complexity index is 1010. The maximum absolute atomic E-state index is 12.6. The van der Waals surface area contributed by atoms with Crippen LogP contribution >= 0.6 is 0 Å². The summed E-state index contributed by atoms with van der Waals surface area (Å²) in [5, 5.41) is 7.97. The predicted molar refractivity (Wildman–Crippen MR) is 107 cm³/mol. The summed E-state index contributed by atoms with van der Waals surface area (Å²) < 4.78 is 12.3. The van der Waals surface area contributed by atoms with Crippen LogP contribution in [-0.2, 0) is 9.53 Å². The quantitative estimate of drug-likeness (QED) is 0.683. The first-order valence-electron chi connectivity index (χ1n) is 9.14. The third kappa shape index (κ3) is 3.24. The summed E-state index contributed by atoms with van der Waals surface area (Å²) in [7, 11) is 1.64. The fraction of sp³-hybridized carbons (Fsp3) is 0.182. The van der Waals surface area contributed by atoms with Gasteiger partial charge in [-0.25, -0.2) is 9.48 Å². The molecule has 3 aromatic rings. The van der Waals surface area contributed by atoms with Crippen LogP contribution in [0.5, 0.6) is 5.75 Å². The number of anilines is 1. The van der Waals surface area contributed by atoms with Crippen LogP contribution < -0.4 is 10.1 Å². The third-order valence-electron chi connectivity index (χ3n) is 4.66. The number of nitrogens with zero attached hydrogens (tertiary/aromatic N) is 2. The highest BCUT2D eigenvalue weighted by atomic mass is 16.5. The van der Waals surface area contributed by atoms with Crippen LogP contribution in [0.1, 0.15) is 18.5 Å². The second-order valence-electron chi connectivity index (χ2n) is 6.37. The summed E-state index contributed by atoms with van der Waals surface area (Å²) in [5.41, 5.74) is 3.26. The van der Waals surface area contributed by atoms with Crippen molar-refractivity contribution in [3.8, 4) is 17.0 Å². The molecule has 6 nitrogen and oxygen atoms in total. The number of carbonyl (C=O) groups excluding carboxylic acids is 1. The minimum absolute atomic E-state index is 0.320. The zero-order valence-corrected chi connectivity index (χ0v) is 15.8. The highest BCUT2D eigenvalue weighted by molar-refractivity contribution is 5.91. The number of fused-ring (bicyclic) bond motifs is 1. The summed E-state index contributed by atoms with van der Waals surface area (Å²) in [6, 6.07) is 19.2. The van der Waals surface area contributed by atoms with Gasteiger partial charge >= 0.3 is 5.97 Å². The Hall–Kier alpha value is -3.54. The molecule has 0 amide bonds. The van der Waals surface area contributed by atoms with Crippen molar-refractivity contribution >= 4 is 11.8 Å². The van der Waals surface area contributed by atoms with Crippen LogP contribution in [-0.4, -0.2) is 29.5 Å². The van der Waals surface area contributed by atoms with Crippen LogP contribution in [0.2, 0.25) is 0 Å². The van der Waals surface area contributed by atoms with Gasteiger partial charge in [0, 0.05) is 17.8 Å². The van der Waals surface area contributed by atoms with Gasteiger partial charge in [0.15, 0.2) is 0 Å². The molecule has 1 N–H and O–H groups in total. The van der Waals surface area contributed by atoms with Crippen LogP contribution in [0.25, 0.3) is 11.3 Å². The Labute approximate surface area is 163 Å². The van der Waals surface area contributed by atoms with E-state index in [4.69, 9.17) is 14.6 Å². The van der Waals surface area contributed by atoms with Gasteiger partial charge in [-0.1, -0.05) is 30.3 Å². The van der Waals surface area contributed by atoms with Crippen molar-refractivity contribution in [1.29, 1.82) is 0 Å². The minimum atomic E-state index is -0.358. The molecule has 142 valence electrons. The average Bonchev–Trinajstić information content (AvgIpc) is 3.18. The first kappa shape index (κ1) is 17.9. The lowest BCUT2D eigenvalue weighted by Gasteiger charge is -2.26. The molecule has 28 heavy (non-hydrogen) atoms. The van der Waals surface area contributed by atoms with Gasteiger partial charge < -0.3 is 14.8 Å². The largest absolute Gasteiger partial charge is 0.497 e. The Morgan fingerprint density at radius 3 is 2.57 bits per heavy atom. The normalized spacial score (nSPS) is 15.2. The lowest BCUT2D eigenvalue weighted by atomic mass is 9.98. The van der Waals surface area contributed by atoms with Gasteiger partial charge in [-0.05, 0) is 36.8 Å². The van der Waals surface area contributed by atoms with Crippen molar-refractivity contribution in [1.82, 2.24) is 9.78 Å². The zero-order chi connectivity index (χ0) is 19.5. The Balaban J connectivity index is 1.77. The number of methoxy groups -OCH3 is 1. The average molecular weight is 375 g/mol. The van der Waals surface area contributed by atoms with Gasteiger partial charge in [-0.3, -0.25) is 0 Å². The van der Waals surface area contributed by atoms with Crippen molar-refractivity contribution < 1.29 is 14.3 Å². The van der Waals surface area contributed by atoms with Gasteiger partial charge in [-0.2, -0.15) is 5.10 Å². The zero-order valence-electron chi connectivity index (χ0n) is 15.8. The number of benzene rings is 2. The van der Waals surface area contributed by atoms with E-state index in [2.05, 4.69) is 5.32 Å². The molecule has 0 saturated heterocycles. The van der Waals surface area contributed by atoms with Crippen molar-refractivity contribution in [2.75, 3.05) is 19.0 Å². The van der Waals surface area contributed by atoms with Gasteiger partial charge in [0.25, 0.3) is 0 Å². The summed E-state index contributed by atoms with van der Waals surface area (Å²) in [5.74, 6) is 1.25. The molecular formula is C22H21N3O3. The molecule has 6 heteroatoms. The lowest BCUT2D eigenvalue weighted by molar-refractivity contribution is -0.139. The van der Waals surface area contributed by atoms with Gasteiger partial charge in [0.2, 0.25) is 0 Å². The number of esters is 1. The molecule has 0 saturated carbocycles. The second kappa shape index (κ2) is 7.60. The Kier molecular flexibility index (Phi) is 4.85. The van der Waals surface area contributed by atoms with Crippen molar-refractivity contribution in [2.45, 2.75) is 13.0 Å². The second-order valence-corrected chi connectivity index (χ2v) is 6.37. The summed E-state index contributed by atoms with van der Waals surface area (Å²) in [6.45, 7) is 2.12. The van der Waals surface area contributed by atoms with Crippen molar-refractivity contribution in [3.63, 3.8) is 0 Å².